The summed E-state index contributed by atoms with van der Waals surface area (Å²) >= 11 is 0. The molecule has 1 saturated heterocycles. The van der Waals surface area contributed by atoms with Crippen LogP contribution < -0.4 is 5.32 Å². The molecule has 1 aliphatic carbocycles. The fourth-order valence-electron chi connectivity index (χ4n) is 2.72. The highest BCUT2D eigenvalue weighted by Crippen LogP contribution is 2.39. The van der Waals surface area contributed by atoms with E-state index in [1.165, 1.54) is 0 Å². The molecule has 122 valence electrons. The monoisotopic (exact) mass is 308 g/mol. The van der Waals surface area contributed by atoms with Gasteiger partial charge in [0.15, 0.2) is 0 Å². The summed E-state index contributed by atoms with van der Waals surface area (Å²) in [5.41, 5.74) is -0.746. The molecule has 2 amide bonds. The maximum atomic E-state index is 12.1. The molecule has 0 radical (unpaired) electrons. The topological polar surface area (TPSA) is 85.7 Å². The smallest absolute Gasteiger partial charge is 0.409 e. The zero-order valence-corrected chi connectivity index (χ0v) is 13.3. The lowest BCUT2D eigenvalue weighted by molar-refractivity contribution is -0.124. The Labute approximate surface area is 131 Å². The van der Waals surface area contributed by atoms with E-state index in [9.17, 15) is 14.9 Å². The molecular weight excluding hydrogens is 284 g/mol. The molecule has 1 atom stereocenters. The molecule has 0 unspecified atom stereocenters. The maximum Gasteiger partial charge on any atom is 0.409 e. The summed E-state index contributed by atoms with van der Waals surface area (Å²) in [7, 11) is 0. The van der Waals surface area contributed by atoms with E-state index in [0.29, 0.717) is 32.8 Å². The number of rotatable bonds is 5. The second-order valence-electron chi connectivity index (χ2n) is 6.10. The first-order chi connectivity index (χ1) is 10.5. The minimum atomic E-state index is -0.746. The number of amides is 2. The maximum absolute atomic E-state index is 12.1. The van der Waals surface area contributed by atoms with Gasteiger partial charge < -0.3 is 15.0 Å². The number of ether oxygens (including phenoxy) is 1. The fraction of sp³-hybridized carbons (Fsp3) is 0.800. The number of nitrogens with zero attached hydrogens (tertiary/aromatic N) is 3. The van der Waals surface area contributed by atoms with Crippen LogP contribution in [0.1, 0.15) is 26.7 Å². The van der Waals surface area contributed by atoms with E-state index < -0.39 is 5.54 Å². The Morgan fingerprint density at radius 3 is 2.45 bits per heavy atom. The standard InChI is InChI=1S/C15H24N4O3/c1-3-22-14(21)19-8-6-18(7-9-19)10-13(20)17-15(2,11-16)12-4-5-12/h12H,3-10H2,1-2H3,(H,17,20)/t15-/m0/s1. The molecule has 1 saturated carbocycles. The SMILES string of the molecule is CCOC(=O)N1CCN(CC(=O)N[C@@](C)(C#N)C2CC2)CC1. The number of hydrogen-bond donors (Lipinski definition) is 1. The molecular formula is C15H24N4O3. The molecule has 0 aromatic carbocycles. The Hall–Kier alpha value is -1.81. The highest BCUT2D eigenvalue weighted by molar-refractivity contribution is 5.79. The van der Waals surface area contributed by atoms with Crippen LogP contribution in [-0.4, -0.2) is 66.7 Å². The van der Waals surface area contributed by atoms with Gasteiger partial charge in [-0.3, -0.25) is 9.69 Å². The summed E-state index contributed by atoms with van der Waals surface area (Å²) in [4.78, 5) is 27.4. The van der Waals surface area contributed by atoms with Crippen molar-refractivity contribution >= 4 is 12.0 Å². The molecule has 7 nitrogen and oxygen atoms in total. The number of piperazine rings is 1. The van der Waals surface area contributed by atoms with Crippen molar-refractivity contribution in [1.82, 2.24) is 15.1 Å². The van der Waals surface area contributed by atoms with Crippen LogP contribution in [0, 0.1) is 17.2 Å². The minimum absolute atomic E-state index is 0.125. The van der Waals surface area contributed by atoms with Crippen LogP contribution in [0.4, 0.5) is 4.79 Å². The van der Waals surface area contributed by atoms with Gasteiger partial charge >= 0.3 is 6.09 Å². The zero-order chi connectivity index (χ0) is 16.2. The average molecular weight is 308 g/mol. The normalized spacial score (nSPS) is 21.6. The van der Waals surface area contributed by atoms with Crippen molar-refractivity contribution in [2.75, 3.05) is 39.3 Å². The molecule has 7 heteroatoms. The highest BCUT2D eigenvalue weighted by Gasteiger charge is 2.43. The predicted molar refractivity (Wildman–Crippen MR) is 79.9 cm³/mol. The number of carbonyl (C=O) groups is 2. The lowest BCUT2D eigenvalue weighted by Crippen LogP contribution is -2.54. The molecule has 0 bridgehead atoms. The van der Waals surface area contributed by atoms with Gasteiger partial charge in [0, 0.05) is 26.2 Å². The number of carbonyl (C=O) groups excluding carboxylic acids is 2. The third-order valence-electron chi connectivity index (χ3n) is 4.29. The quantitative estimate of drug-likeness (QED) is 0.802. The third kappa shape index (κ3) is 4.10. The lowest BCUT2D eigenvalue weighted by atomic mass is 9.98. The molecule has 22 heavy (non-hydrogen) atoms. The fourth-order valence-corrected chi connectivity index (χ4v) is 2.72. The summed E-state index contributed by atoms with van der Waals surface area (Å²) in [6.07, 6.45) is 1.71. The Morgan fingerprint density at radius 1 is 1.32 bits per heavy atom. The van der Waals surface area contributed by atoms with E-state index in [1.54, 1.807) is 18.7 Å². The van der Waals surface area contributed by atoms with Gasteiger partial charge in [-0.1, -0.05) is 0 Å². The second-order valence-corrected chi connectivity index (χ2v) is 6.10. The van der Waals surface area contributed by atoms with Crippen LogP contribution in [-0.2, 0) is 9.53 Å². The first-order valence-electron chi connectivity index (χ1n) is 7.85. The van der Waals surface area contributed by atoms with Gasteiger partial charge in [0.2, 0.25) is 5.91 Å². The van der Waals surface area contributed by atoms with E-state index >= 15 is 0 Å². The second kappa shape index (κ2) is 6.97. The van der Waals surface area contributed by atoms with Gasteiger partial charge in [0.05, 0.1) is 19.2 Å². The van der Waals surface area contributed by atoms with Crippen LogP contribution >= 0.6 is 0 Å². The summed E-state index contributed by atoms with van der Waals surface area (Å²) in [6.45, 7) is 6.61. The van der Waals surface area contributed by atoms with Crippen LogP contribution in [0.15, 0.2) is 0 Å². The number of nitriles is 1. The van der Waals surface area contributed by atoms with Crippen molar-refractivity contribution in [3.63, 3.8) is 0 Å². The van der Waals surface area contributed by atoms with E-state index in [4.69, 9.17) is 4.74 Å². The Bertz CT molecular complexity index is 464. The lowest BCUT2D eigenvalue weighted by Gasteiger charge is -2.34. The van der Waals surface area contributed by atoms with Gasteiger partial charge in [0.1, 0.15) is 5.54 Å². The zero-order valence-electron chi connectivity index (χ0n) is 13.3. The molecule has 2 rings (SSSR count). The number of nitrogens with one attached hydrogen (secondary N) is 1. The minimum Gasteiger partial charge on any atom is -0.450 e. The molecule has 2 fully saturated rings. The molecule has 1 N–H and O–H groups in total. The summed E-state index contributed by atoms with van der Waals surface area (Å²) < 4.78 is 4.96. The van der Waals surface area contributed by atoms with Crippen molar-refractivity contribution < 1.29 is 14.3 Å². The average Bonchev–Trinajstić information content (AvgIpc) is 3.33. The largest absolute Gasteiger partial charge is 0.450 e. The van der Waals surface area contributed by atoms with E-state index in [-0.39, 0.29) is 24.5 Å². The van der Waals surface area contributed by atoms with Crippen molar-refractivity contribution in [2.24, 2.45) is 5.92 Å². The van der Waals surface area contributed by atoms with Crippen LogP contribution in [0.2, 0.25) is 0 Å². The first-order valence-corrected chi connectivity index (χ1v) is 7.85. The van der Waals surface area contributed by atoms with Gasteiger partial charge in [-0.2, -0.15) is 5.26 Å². The van der Waals surface area contributed by atoms with Crippen LogP contribution in [0.5, 0.6) is 0 Å². The van der Waals surface area contributed by atoms with Crippen molar-refractivity contribution in [3.05, 3.63) is 0 Å². The van der Waals surface area contributed by atoms with E-state index in [0.717, 1.165) is 12.8 Å². The molecule has 0 aromatic heterocycles. The third-order valence-corrected chi connectivity index (χ3v) is 4.29. The molecule has 0 spiro atoms. The van der Waals surface area contributed by atoms with E-state index in [1.807, 2.05) is 4.90 Å². The van der Waals surface area contributed by atoms with Gasteiger partial charge in [-0.15, -0.1) is 0 Å². The van der Waals surface area contributed by atoms with Gasteiger partial charge in [-0.25, -0.2) is 4.79 Å². The van der Waals surface area contributed by atoms with Crippen LogP contribution in [0.3, 0.4) is 0 Å². The van der Waals surface area contributed by atoms with Gasteiger partial charge in [0.25, 0.3) is 0 Å². The Morgan fingerprint density at radius 2 is 1.95 bits per heavy atom. The predicted octanol–water partition coefficient (Wildman–Crippen LogP) is 0.569. The molecule has 1 aliphatic heterocycles. The highest BCUT2D eigenvalue weighted by atomic mass is 16.6. The number of hydrogen-bond acceptors (Lipinski definition) is 5. The van der Waals surface area contributed by atoms with E-state index in [2.05, 4.69) is 11.4 Å². The Kier molecular flexibility index (Phi) is 5.24. The first kappa shape index (κ1) is 16.6. The Balaban J connectivity index is 1.75. The van der Waals surface area contributed by atoms with Gasteiger partial charge in [-0.05, 0) is 32.6 Å². The molecule has 2 aliphatic rings. The summed E-state index contributed by atoms with van der Waals surface area (Å²) in [6, 6.07) is 2.22. The van der Waals surface area contributed by atoms with Crippen molar-refractivity contribution in [2.45, 2.75) is 32.2 Å². The van der Waals surface area contributed by atoms with Crippen LogP contribution in [0.25, 0.3) is 0 Å². The molecule has 0 aromatic rings. The summed E-state index contributed by atoms with van der Waals surface area (Å²) in [5, 5.41) is 12.1. The van der Waals surface area contributed by atoms with Crippen molar-refractivity contribution in [1.29, 1.82) is 5.26 Å². The molecule has 1 heterocycles. The van der Waals surface area contributed by atoms with Crippen molar-refractivity contribution in [3.8, 4) is 6.07 Å². The summed E-state index contributed by atoms with van der Waals surface area (Å²) in [5.74, 6) is 0.155.